The normalized spacial score (nSPS) is 11.1. The van der Waals surface area contributed by atoms with Gasteiger partial charge < -0.3 is 14.8 Å². The van der Waals surface area contributed by atoms with Crippen LogP contribution >= 0.6 is 0 Å². The second kappa shape index (κ2) is 8.25. The van der Waals surface area contributed by atoms with E-state index in [1.165, 1.54) is 27.6 Å². The molecule has 0 aliphatic rings. The van der Waals surface area contributed by atoms with E-state index in [-0.39, 0.29) is 6.03 Å². The molecular weight excluding hydrogens is 336 g/mol. The van der Waals surface area contributed by atoms with Gasteiger partial charge in [0.15, 0.2) is 0 Å². The third-order valence-corrected chi connectivity index (χ3v) is 4.62. The fourth-order valence-corrected chi connectivity index (χ4v) is 3.30. The molecule has 0 saturated heterocycles. The topological polar surface area (TPSA) is 50.2 Å². The van der Waals surface area contributed by atoms with Crippen molar-refractivity contribution in [3.63, 3.8) is 0 Å². The molecule has 0 aliphatic heterocycles. The average Bonchev–Trinajstić information content (AvgIpc) is 2.98. The zero-order chi connectivity index (χ0) is 19.4. The van der Waals surface area contributed by atoms with Crippen LogP contribution in [0.3, 0.4) is 0 Å². The van der Waals surface area contributed by atoms with Crippen molar-refractivity contribution in [2.45, 2.75) is 26.8 Å². The molecule has 3 rings (SSSR count). The summed E-state index contributed by atoms with van der Waals surface area (Å²) in [6.07, 6.45) is 6.70. The molecule has 3 aromatic rings. The zero-order valence-corrected chi connectivity index (χ0v) is 16.6. The number of nitrogens with one attached hydrogen (secondary N) is 1. The summed E-state index contributed by atoms with van der Waals surface area (Å²) in [6, 6.07) is 10.6. The standard InChI is InChI=1S/C22H28N4O/c1-16(2)14-26-15-19(9-12-24-22(27)25(3)4)20-6-5-18(13-21(20)26)17-7-10-23-11-8-17/h5-8,10-11,13,15-16H,9,12,14H2,1-4H3,(H,24,27). The summed E-state index contributed by atoms with van der Waals surface area (Å²) in [4.78, 5) is 17.4. The maximum atomic E-state index is 11.8. The number of carbonyl (C=O) groups is 1. The highest BCUT2D eigenvalue weighted by atomic mass is 16.2. The maximum absolute atomic E-state index is 11.8. The van der Waals surface area contributed by atoms with E-state index in [4.69, 9.17) is 0 Å². The van der Waals surface area contributed by atoms with Gasteiger partial charge >= 0.3 is 6.03 Å². The van der Waals surface area contributed by atoms with Gasteiger partial charge in [-0.2, -0.15) is 0 Å². The third-order valence-electron chi connectivity index (χ3n) is 4.62. The molecule has 2 amide bonds. The van der Waals surface area contributed by atoms with E-state index in [1.54, 1.807) is 19.0 Å². The lowest BCUT2D eigenvalue weighted by Gasteiger charge is -2.11. The molecule has 1 aromatic carbocycles. The first-order valence-electron chi connectivity index (χ1n) is 9.43. The number of amides is 2. The number of aromatic nitrogens is 2. The van der Waals surface area contributed by atoms with Crippen molar-refractivity contribution in [1.29, 1.82) is 0 Å². The predicted molar refractivity (Wildman–Crippen MR) is 111 cm³/mol. The first-order chi connectivity index (χ1) is 13.0. The summed E-state index contributed by atoms with van der Waals surface area (Å²) in [5.74, 6) is 0.562. The van der Waals surface area contributed by atoms with Crippen LogP contribution in [0.25, 0.3) is 22.0 Å². The Hall–Kier alpha value is -2.82. The summed E-state index contributed by atoms with van der Waals surface area (Å²) < 4.78 is 2.34. The number of nitrogens with zero attached hydrogens (tertiary/aromatic N) is 3. The molecule has 0 saturated carbocycles. The maximum Gasteiger partial charge on any atom is 0.316 e. The van der Waals surface area contributed by atoms with Gasteiger partial charge in [-0.3, -0.25) is 4.98 Å². The number of benzene rings is 1. The lowest BCUT2D eigenvalue weighted by atomic mass is 10.0. The van der Waals surface area contributed by atoms with Crippen molar-refractivity contribution in [2.24, 2.45) is 5.92 Å². The molecule has 2 aromatic heterocycles. The highest BCUT2D eigenvalue weighted by Gasteiger charge is 2.12. The third kappa shape index (κ3) is 4.48. The highest BCUT2D eigenvalue weighted by Crippen LogP contribution is 2.28. The Labute approximate surface area is 161 Å². The minimum absolute atomic E-state index is 0.0547. The van der Waals surface area contributed by atoms with Gasteiger partial charge in [-0.15, -0.1) is 0 Å². The number of urea groups is 1. The smallest absolute Gasteiger partial charge is 0.316 e. The van der Waals surface area contributed by atoms with Crippen molar-refractivity contribution in [3.05, 3.63) is 54.5 Å². The number of rotatable bonds is 6. The average molecular weight is 364 g/mol. The van der Waals surface area contributed by atoms with Gasteiger partial charge in [0.1, 0.15) is 0 Å². The van der Waals surface area contributed by atoms with Crippen LogP contribution in [-0.2, 0) is 13.0 Å². The molecule has 0 fully saturated rings. The van der Waals surface area contributed by atoms with Crippen molar-refractivity contribution >= 4 is 16.9 Å². The van der Waals surface area contributed by atoms with E-state index in [1.807, 2.05) is 24.5 Å². The second-order valence-electron chi connectivity index (χ2n) is 7.54. The summed E-state index contributed by atoms with van der Waals surface area (Å²) in [6.45, 7) is 6.06. The number of pyridine rings is 1. The first-order valence-corrected chi connectivity index (χ1v) is 9.43. The molecule has 0 atom stereocenters. The van der Waals surface area contributed by atoms with E-state index in [9.17, 15) is 4.79 Å². The molecule has 5 heteroatoms. The molecule has 0 spiro atoms. The first kappa shape index (κ1) is 19.0. The lowest BCUT2D eigenvalue weighted by molar-refractivity contribution is 0.217. The Kier molecular flexibility index (Phi) is 5.79. The van der Waals surface area contributed by atoms with Gasteiger partial charge in [0.25, 0.3) is 0 Å². The van der Waals surface area contributed by atoms with Gasteiger partial charge in [-0.05, 0) is 47.2 Å². The fourth-order valence-electron chi connectivity index (χ4n) is 3.30. The number of hydrogen-bond acceptors (Lipinski definition) is 2. The van der Waals surface area contributed by atoms with Crippen LogP contribution in [-0.4, -0.2) is 41.1 Å². The Morgan fingerprint density at radius 2 is 1.89 bits per heavy atom. The molecule has 0 bridgehead atoms. The minimum Gasteiger partial charge on any atom is -0.347 e. The van der Waals surface area contributed by atoms with E-state index in [0.717, 1.165) is 13.0 Å². The van der Waals surface area contributed by atoms with E-state index < -0.39 is 0 Å². The van der Waals surface area contributed by atoms with E-state index >= 15 is 0 Å². The molecule has 142 valence electrons. The Morgan fingerprint density at radius 1 is 1.15 bits per heavy atom. The quantitative estimate of drug-likeness (QED) is 0.713. The van der Waals surface area contributed by atoms with E-state index in [2.05, 4.69) is 53.1 Å². The molecule has 5 nitrogen and oxygen atoms in total. The summed E-state index contributed by atoms with van der Waals surface area (Å²) in [5, 5.41) is 4.21. The van der Waals surface area contributed by atoms with Crippen molar-refractivity contribution in [1.82, 2.24) is 19.8 Å². The zero-order valence-electron chi connectivity index (χ0n) is 16.6. The Bertz CT molecular complexity index is 913. The van der Waals surface area contributed by atoms with Gasteiger partial charge in [-0.25, -0.2) is 4.79 Å². The highest BCUT2D eigenvalue weighted by molar-refractivity contribution is 5.88. The van der Waals surface area contributed by atoms with Crippen LogP contribution < -0.4 is 5.32 Å². The van der Waals surface area contributed by atoms with Crippen LogP contribution in [0.15, 0.2) is 48.9 Å². The minimum atomic E-state index is -0.0547. The summed E-state index contributed by atoms with van der Waals surface area (Å²) in [5.41, 5.74) is 4.88. The molecule has 27 heavy (non-hydrogen) atoms. The number of carbonyl (C=O) groups excluding carboxylic acids is 1. The molecule has 2 heterocycles. The predicted octanol–water partition coefficient (Wildman–Crippen LogP) is 4.17. The van der Waals surface area contributed by atoms with Gasteiger partial charge in [0.2, 0.25) is 0 Å². The molecule has 0 unspecified atom stereocenters. The summed E-state index contributed by atoms with van der Waals surface area (Å²) >= 11 is 0. The van der Waals surface area contributed by atoms with Crippen LogP contribution in [0, 0.1) is 5.92 Å². The molecular formula is C22H28N4O. The van der Waals surface area contributed by atoms with E-state index in [0.29, 0.717) is 12.5 Å². The van der Waals surface area contributed by atoms with Crippen LogP contribution in [0.1, 0.15) is 19.4 Å². The van der Waals surface area contributed by atoms with Crippen LogP contribution in [0.4, 0.5) is 4.79 Å². The van der Waals surface area contributed by atoms with Crippen molar-refractivity contribution in [2.75, 3.05) is 20.6 Å². The molecule has 0 radical (unpaired) electrons. The van der Waals surface area contributed by atoms with Crippen LogP contribution in [0.5, 0.6) is 0 Å². The number of fused-ring (bicyclic) bond motifs is 1. The van der Waals surface area contributed by atoms with Gasteiger partial charge in [-0.1, -0.05) is 26.0 Å². The Balaban J connectivity index is 1.91. The van der Waals surface area contributed by atoms with Crippen molar-refractivity contribution in [3.8, 4) is 11.1 Å². The number of hydrogen-bond donors (Lipinski definition) is 1. The second-order valence-corrected chi connectivity index (χ2v) is 7.54. The van der Waals surface area contributed by atoms with Gasteiger partial charge in [0.05, 0.1) is 0 Å². The summed E-state index contributed by atoms with van der Waals surface area (Å²) in [7, 11) is 3.51. The fraction of sp³-hybridized carbons (Fsp3) is 0.364. The van der Waals surface area contributed by atoms with Gasteiger partial charge in [0, 0.05) is 56.7 Å². The molecule has 0 aliphatic carbocycles. The monoisotopic (exact) mass is 364 g/mol. The SMILES string of the molecule is CC(C)Cn1cc(CCNC(=O)N(C)C)c2ccc(-c3ccncc3)cc21. The van der Waals surface area contributed by atoms with Crippen molar-refractivity contribution < 1.29 is 4.79 Å². The Morgan fingerprint density at radius 3 is 2.56 bits per heavy atom. The van der Waals surface area contributed by atoms with Crippen LogP contribution in [0.2, 0.25) is 0 Å². The molecule has 1 N–H and O–H groups in total. The largest absolute Gasteiger partial charge is 0.347 e. The lowest BCUT2D eigenvalue weighted by Crippen LogP contribution is -2.35.